The lowest BCUT2D eigenvalue weighted by Crippen LogP contribution is -2.49. The first-order valence-electron chi connectivity index (χ1n) is 7.72. The maximum absolute atomic E-state index is 12.5. The number of nitrogens with one attached hydrogen (secondary N) is 1. The van der Waals surface area contributed by atoms with Crippen LogP contribution in [0.4, 0.5) is 0 Å². The summed E-state index contributed by atoms with van der Waals surface area (Å²) < 4.78 is 4.97. The largest absolute Gasteiger partial charge is 0.454 e. The second kappa shape index (κ2) is 7.62. The van der Waals surface area contributed by atoms with Crippen molar-refractivity contribution < 1.29 is 23.9 Å². The first-order valence-corrected chi connectivity index (χ1v) is 7.72. The Balaban J connectivity index is 2.15. The van der Waals surface area contributed by atoms with E-state index in [9.17, 15) is 19.2 Å². The summed E-state index contributed by atoms with van der Waals surface area (Å²) >= 11 is 0. The van der Waals surface area contributed by atoms with Gasteiger partial charge in [-0.15, -0.1) is 6.42 Å². The van der Waals surface area contributed by atoms with E-state index in [0.717, 1.165) is 4.90 Å². The van der Waals surface area contributed by atoms with Gasteiger partial charge in [-0.05, 0) is 18.1 Å². The summed E-state index contributed by atoms with van der Waals surface area (Å²) in [6.07, 6.45) is 5.02. The van der Waals surface area contributed by atoms with E-state index in [1.165, 1.54) is 12.1 Å². The molecule has 1 aromatic rings. The highest BCUT2D eigenvalue weighted by molar-refractivity contribution is 6.22. The van der Waals surface area contributed by atoms with E-state index in [0.29, 0.717) is 0 Å². The highest BCUT2D eigenvalue weighted by Crippen LogP contribution is 2.27. The van der Waals surface area contributed by atoms with E-state index in [2.05, 4.69) is 11.2 Å². The van der Waals surface area contributed by atoms with Crippen LogP contribution in [-0.2, 0) is 14.3 Å². The number of rotatable bonds is 6. The second-order valence-electron chi connectivity index (χ2n) is 5.80. The van der Waals surface area contributed by atoms with Crippen molar-refractivity contribution in [3.63, 3.8) is 0 Å². The highest BCUT2D eigenvalue weighted by Gasteiger charge is 2.44. The Kier molecular flexibility index (Phi) is 5.55. The Hall–Kier alpha value is -3.14. The van der Waals surface area contributed by atoms with E-state index in [-0.39, 0.29) is 23.6 Å². The predicted octanol–water partition coefficient (Wildman–Crippen LogP) is 0.600. The maximum atomic E-state index is 12.5. The number of hydrogen-bond acceptors (Lipinski definition) is 5. The van der Waals surface area contributed by atoms with E-state index in [1.807, 2.05) is 0 Å². The van der Waals surface area contributed by atoms with Crippen molar-refractivity contribution in [2.45, 2.75) is 19.9 Å². The molecule has 1 aliphatic rings. The fourth-order valence-electron chi connectivity index (χ4n) is 2.56. The van der Waals surface area contributed by atoms with Gasteiger partial charge < -0.3 is 10.1 Å². The van der Waals surface area contributed by atoms with Crippen LogP contribution >= 0.6 is 0 Å². The summed E-state index contributed by atoms with van der Waals surface area (Å²) in [6, 6.07) is 5.24. The number of hydrogen-bond donors (Lipinski definition) is 1. The fraction of sp³-hybridized carbons (Fsp3) is 0.333. The molecule has 1 heterocycles. The molecule has 0 saturated heterocycles. The van der Waals surface area contributed by atoms with E-state index in [4.69, 9.17) is 11.2 Å². The highest BCUT2D eigenvalue weighted by atomic mass is 16.5. The van der Waals surface area contributed by atoms with Gasteiger partial charge in [-0.1, -0.05) is 31.9 Å². The summed E-state index contributed by atoms with van der Waals surface area (Å²) in [4.78, 5) is 49.9. The SMILES string of the molecule is C#CCNC(=O)COC(=O)[C@@H](C(C)C)N1C(=O)c2ccccc2C1=O. The van der Waals surface area contributed by atoms with E-state index in [1.54, 1.807) is 26.0 Å². The normalized spacial score (nSPS) is 14.1. The topological polar surface area (TPSA) is 92.8 Å². The molecule has 3 amide bonds. The molecule has 0 spiro atoms. The van der Waals surface area contributed by atoms with Gasteiger partial charge in [-0.25, -0.2) is 4.79 Å². The number of terminal acetylenes is 1. The summed E-state index contributed by atoms with van der Waals surface area (Å²) in [7, 11) is 0. The Labute approximate surface area is 145 Å². The number of fused-ring (bicyclic) bond motifs is 1. The van der Waals surface area contributed by atoms with Crippen LogP contribution in [0.2, 0.25) is 0 Å². The van der Waals surface area contributed by atoms with Gasteiger partial charge in [-0.3, -0.25) is 19.3 Å². The maximum Gasteiger partial charge on any atom is 0.330 e. The van der Waals surface area contributed by atoms with Gasteiger partial charge in [0.05, 0.1) is 17.7 Å². The van der Waals surface area contributed by atoms with Crippen molar-refractivity contribution in [3.8, 4) is 12.3 Å². The lowest BCUT2D eigenvalue weighted by Gasteiger charge is -2.27. The molecule has 0 radical (unpaired) electrons. The van der Waals surface area contributed by atoms with Crippen LogP contribution < -0.4 is 5.32 Å². The average molecular weight is 342 g/mol. The summed E-state index contributed by atoms with van der Waals surface area (Å²) in [5, 5.41) is 2.36. The quantitative estimate of drug-likeness (QED) is 0.464. The summed E-state index contributed by atoms with van der Waals surface area (Å²) in [5.41, 5.74) is 0.496. The molecule has 0 saturated carbocycles. The molecule has 1 atom stereocenters. The minimum atomic E-state index is -1.12. The van der Waals surface area contributed by atoms with Gasteiger partial charge in [0.1, 0.15) is 6.04 Å². The third-order valence-electron chi connectivity index (χ3n) is 3.71. The van der Waals surface area contributed by atoms with Crippen molar-refractivity contribution in [3.05, 3.63) is 35.4 Å². The van der Waals surface area contributed by atoms with Gasteiger partial charge >= 0.3 is 5.97 Å². The lowest BCUT2D eigenvalue weighted by molar-refractivity contribution is -0.153. The minimum absolute atomic E-state index is 0.0163. The molecule has 130 valence electrons. The number of ether oxygens (including phenoxy) is 1. The molecule has 7 nitrogen and oxygen atoms in total. The molecule has 1 aromatic carbocycles. The molecule has 2 rings (SSSR count). The van der Waals surface area contributed by atoms with Crippen LogP contribution in [0, 0.1) is 18.3 Å². The Bertz CT molecular complexity index is 728. The van der Waals surface area contributed by atoms with Crippen molar-refractivity contribution >= 4 is 23.7 Å². The first-order chi connectivity index (χ1) is 11.9. The molecule has 0 unspecified atom stereocenters. The number of amides is 3. The van der Waals surface area contributed by atoms with Crippen LogP contribution in [-0.4, -0.2) is 47.8 Å². The van der Waals surface area contributed by atoms with Crippen LogP contribution in [0.3, 0.4) is 0 Å². The third-order valence-corrected chi connectivity index (χ3v) is 3.71. The third kappa shape index (κ3) is 3.69. The molecule has 1 aliphatic heterocycles. The predicted molar refractivity (Wildman–Crippen MR) is 88.4 cm³/mol. The summed E-state index contributed by atoms with van der Waals surface area (Å²) in [6.45, 7) is 2.86. The van der Waals surface area contributed by atoms with Crippen molar-refractivity contribution in [1.29, 1.82) is 0 Å². The molecular formula is C18H18N2O5. The zero-order chi connectivity index (χ0) is 18.6. The number of carbonyl (C=O) groups is 4. The number of nitrogens with zero attached hydrogens (tertiary/aromatic N) is 1. The molecule has 0 bridgehead atoms. The molecule has 7 heteroatoms. The molecular weight excluding hydrogens is 324 g/mol. The van der Waals surface area contributed by atoms with Crippen LogP contribution in [0.25, 0.3) is 0 Å². The van der Waals surface area contributed by atoms with Gasteiger partial charge in [0.25, 0.3) is 17.7 Å². The van der Waals surface area contributed by atoms with Crippen molar-refractivity contribution in [1.82, 2.24) is 10.2 Å². The fourth-order valence-corrected chi connectivity index (χ4v) is 2.56. The number of esters is 1. The Morgan fingerprint density at radius 2 is 1.76 bits per heavy atom. The monoisotopic (exact) mass is 342 g/mol. The van der Waals surface area contributed by atoms with Gasteiger partial charge in [-0.2, -0.15) is 0 Å². The molecule has 0 aromatic heterocycles. The van der Waals surface area contributed by atoms with E-state index >= 15 is 0 Å². The standard InChI is InChI=1S/C18H18N2O5/c1-4-9-19-14(21)10-25-18(24)15(11(2)3)20-16(22)12-7-5-6-8-13(12)17(20)23/h1,5-8,11,15H,9-10H2,2-3H3,(H,19,21)/t15-/m1/s1. The van der Waals surface area contributed by atoms with Crippen molar-refractivity contribution in [2.75, 3.05) is 13.2 Å². The zero-order valence-electron chi connectivity index (χ0n) is 13.9. The van der Waals surface area contributed by atoms with Gasteiger partial charge in [0.2, 0.25) is 0 Å². The van der Waals surface area contributed by atoms with Gasteiger partial charge in [0, 0.05) is 0 Å². The zero-order valence-corrected chi connectivity index (χ0v) is 13.9. The average Bonchev–Trinajstić information content (AvgIpc) is 2.83. The molecule has 0 aliphatic carbocycles. The molecule has 25 heavy (non-hydrogen) atoms. The molecule has 0 fully saturated rings. The van der Waals surface area contributed by atoms with Crippen LogP contribution in [0.5, 0.6) is 0 Å². The molecule has 1 N–H and O–H groups in total. The number of carbonyl (C=O) groups excluding carboxylic acids is 4. The Morgan fingerprint density at radius 3 is 2.24 bits per heavy atom. The van der Waals surface area contributed by atoms with Gasteiger partial charge in [0.15, 0.2) is 6.61 Å². The summed E-state index contributed by atoms with van der Waals surface area (Å²) in [5.74, 6) is -0.636. The number of imide groups is 1. The smallest absolute Gasteiger partial charge is 0.330 e. The van der Waals surface area contributed by atoms with Crippen LogP contribution in [0.1, 0.15) is 34.6 Å². The van der Waals surface area contributed by atoms with Crippen LogP contribution in [0.15, 0.2) is 24.3 Å². The first kappa shape index (κ1) is 18.2. The van der Waals surface area contributed by atoms with Crippen molar-refractivity contribution in [2.24, 2.45) is 5.92 Å². The minimum Gasteiger partial charge on any atom is -0.454 e. The van der Waals surface area contributed by atoms with E-state index < -0.39 is 36.3 Å². The lowest BCUT2D eigenvalue weighted by atomic mass is 10.0. The number of benzene rings is 1. The Morgan fingerprint density at radius 1 is 1.20 bits per heavy atom. The second-order valence-corrected chi connectivity index (χ2v) is 5.80.